The molecule has 0 bridgehead atoms. The lowest BCUT2D eigenvalue weighted by atomic mass is 10.0. The molecule has 0 radical (unpaired) electrons. The van der Waals surface area contributed by atoms with E-state index in [0.29, 0.717) is 12.2 Å². The van der Waals surface area contributed by atoms with Crippen molar-refractivity contribution < 1.29 is 8.42 Å². The van der Waals surface area contributed by atoms with Gasteiger partial charge in [-0.25, -0.2) is 8.42 Å². The first kappa shape index (κ1) is 16.0. The number of anilines is 1. The van der Waals surface area contributed by atoms with Crippen molar-refractivity contribution in [3.05, 3.63) is 29.8 Å². The van der Waals surface area contributed by atoms with Gasteiger partial charge in [0.1, 0.15) is 0 Å². The van der Waals surface area contributed by atoms with E-state index in [1.165, 1.54) is 0 Å². The fraction of sp³-hybridized carbons (Fsp3) is 0.571. The minimum absolute atomic E-state index is 0.0810. The molecule has 2 N–H and O–H groups in total. The van der Waals surface area contributed by atoms with Crippen LogP contribution in [0.25, 0.3) is 0 Å². The zero-order chi connectivity index (χ0) is 14.5. The Bertz CT molecular complexity index is 496. The maximum Gasteiger partial charge on any atom is 0.233 e. The Labute approximate surface area is 116 Å². The van der Waals surface area contributed by atoms with Gasteiger partial charge in [0, 0.05) is 12.6 Å². The van der Waals surface area contributed by atoms with Crippen molar-refractivity contribution in [1.29, 1.82) is 0 Å². The SMILES string of the molecule is CC(C)NCCS(=O)(=O)Nc1ccccc1C(C)C. The van der Waals surface area contributed by atoms with Gasteiger partial charge in [-0.3, -0.25) is 4.72 Å². The molecule has 0 aliphatic heterocycles. The summed E-state index contributed by atoms with van der Waals surface area (Å²) < 4.78 is 26.7. The van der Waals surface area contributed by atoms with Gasteiger partial charge in [-0.2, -0.15) is 0 Å². The summed E-state index contributed by atoms with van der Waals surface area (Å²) in [6, 6.07) is 7.82. The van der Waals surface area contributed by atoms with Crippen LogP contribution in [0.15, 0.2) is 24.3 Å². The quantitative estimate of drug-likeness (QED) is 0.809. The molecular formula is C14H24N2O2S. The third kappa shape index (κ3) is 5.61. The highest BCUT2D eigenvalue weighted by Crippen LogP contribution is 2.24. The van der Waals surface area contributed by atoms with Crippen LogP contribution in [-0.4, -0.2) is 26.8 Å². The predicted molar refractivity (Wildman–Crippen MR) is 81.1 cm³/mol. The van der Waals surface area contributed by atoms with E-state index >= 15 is 0 Å². The van der Waals surface area contributed by atoms with Gasteiger partial charge in [0.05, 0.1) is 11.4 Å². The van der Waals surface area contributed by atoms with Crippen LogP contribution >= 0.6 is 0 Å². The van der Waals surface area contributed by atoms with E-state index in [4.69, 9.17) is 0 Å². The summed E-state index contributed by atoms with van der Waals surface area (Å²) in [5.74, 6) is 0.366. The first-order chi connectivity index (χ1) is 8.82. The maximum absolute atomic E-state index is 12.0. The van der Waals surface area contributed by atoms with Crippen molar-refractivity contribution in [2.75, 3.05) is 17.0 Å². The highest BCUT2D eigenvalue weighted by molar-refractivity contribution is 7.92. The molecule has 4 nitrogen and oxygen atoms in total. The number of benzene rings is 1. The molecule has 0 unspecified atom stereocenters. The molecule has 0 aromatic heterocycles. The third-order valence-electron chi connectivity index (χ3n) is 2.77. The molecule has 108 valence electrons. The number of rotatable bonds is 7. The van der Waals surface area contributed by atoms with Gasteiger partial charge in [-0.15, -0.1) is 0 Å². The molecule has 5 heteroatoms. The Balaban J connectivity index is 2.73. The summed E-state index contributed by atoms with van der Waals surface area (Å²) in [6.45, 7) is 8.54. The molecule has 0 heterocycles. The Kier molecular flexibility index (Phi) is 5.82. The van der Waals surface area contributed by atoms with Crippen LogP contribution < -0.4 is 10.0 Å². The summed E-state index contributed by atoms with van der Waals surface area (Å²) in [4.78, 5) is 0. The van der Waals surface area contributed by atoms with Gasteiger partial charge < -0.3 is 5.32 Å². The van der Waals surface area contributed by atoms with E-state index in [1.54, 1.807) is 0 Å². The van der Waals surface area contributed by atoms with Crippen LogP contribution in [0.3, 0.4) is 0 Å². The van der Waals surface area contributed by atoms with Crippen LogP contribution in [-0.2, 0) is 10.0 Å². The molecular weight excluding hydrogens is 260 g/mol. The zero-order valence-corrected chi connectivity index (χ0v) is 12.9. The topological polar surface area (TPSA) is 58.2 Å². The number of hydrogen-bond acceptors (Lipinski definition) is 3. The zero-order valence-electron chi connectivity index (χ0n) is 12.1. The molecule has 0 spiro atoms. The molecule has 0 fully saturated rings. The fourth-order valence-corrected chi connectivity index (χ4v) is 2.80. The molecule has 19 heavy (non-hydrogen) atoms. The van der Waals surface area contributed by atoms with Crippen LogP contribution in [0.1, 0.15) is 39.2 Å². The summed E-state index contributed by atoms with van der Waals surface area (Å²) in [5.41, 5.74) is 1.70. The normalized spacial score (nSPS) is 12.1. The van der Waals surface area contributed by atoms with E-state index in [1.807, 2.05) is 52.0 Å². The lowest BCUT2D eigenvalue weighted by Gasteiger charge is -2.15. The van der Waals surface area contributed by atoms with Crippen molar-refractivity contribution >= 4 is 15.7 Å². The number of sulfonamides is 1. The van der Waals surface area contributed by atoms with E-state index in [0.717, 1.165) is 5.56 Å². The largest absolute Gasteiger partial charge is 0.313 e. The lowest BCUT2D eigenvalue weighted by molar-refractivity contribution is 0.582. The second kappa shape index (κ2) is 6.91. The Hall–Kier alpha value is -1.07. The van der Waals surface area contributed by atoms with Crippen molar-refractivity contribution in [3.63, 3.8) is 0 Å². The molecule has 1 aromatic rings. The van der Waals surface area contributed by atoms with Crippen molar-refractivity contribution in [1.82, 2.24) is 5.32 Å². The third-order valence-corrected chi connectivity index (χ3v) is 4.04. The van der Waals surface area contributed by atoms with E-state index in [9.17, 15) is 8.42 Å². The molecule has 0 atom stereocenters. The Morgan fingerprint density at radius 1 is 1.11 bits per heavy atom. The highest BCUT2D eigenvalue weighted by Gasteiger charge is 2.13. The molecule has 1 rings (SSSR count). The summed E-state index contributed by atoms with van der Waals surface area (Å²) in [6.07, 6.45) is 0. The second-order valence-corrected chi connectivity index (χ2v) is 7.11. The average molecular weight is 284 g/mol. The van der Waals surface area contributed by atoms with Gasteiger partial charge >= 0.3 is 0 Å². The van der Waals surface area contributed by atoms with E-state index < -0.39 is 10.0 Å². The van der Waals surface area contributed by atoms with Gasteiger partial charge in [-0.05, 0) is 17.5 Å². The van der Waals surface area contributed by atoms with E-state index in [2.05, 4.69) is 10.0 Å². The predicted octanol–water partition coefficient (Wildman–Crippen LogP) is 2.55. The highest BCUT2D eigenvalue weighted by atomic mass is 32.2. The first-order valence-electron chi connectivity index (χ1n) is 6.64. The number of para-hydroxylation sites is 1. The standard InChI is InChI=1S/C14H24N2O2S/c1-11(2)13-7-5-6-8-14(13)16-19(17,18)10-9-15-12(3)4/h5-8,11-12,15-16H,9-10H2,1-4H3. The fourth-order valence-electron chi connectivity index (χ4n) is 1.79. The molecule has 0 aliphatic carbocycles. The molecule has 0 aliphatic rings. The van der Waals surface area contributed by atoms with E-state index in [-0.39, 0.29) is 17.7 Å². The van der Waals surface area contributed by atoms with Gasteiger partial charge in [0.2, 0.25) is 10.0 Å². The molecule has 0 amide bonds. The van der Waals surface area contributed by atoms with Crippen LogP contribution in [0, 0.1) is 0 Å². The summed E-state index contributed by atoms with van der Waals surface area (Å²) in [5, 5.41) is 3.11. The summed E-state index contributed by atoms with van der Waals surface area (Å²) >= 11 is 0. The molecule has 1 aromatic carbocycles. The van der Waals surface area contributed by atoms with Crippen molar-refractivity contribution in [2.45, 2.75) is 39.7 Å². The second-order valence-electron chi connectivity index (χ2n) is 5.27. The minimum Gasteiger partial charge on any atom is -0.313 e. The van der Waals surface area contributed by atoms with Crippen LogP contribution in [0.4, 0.5) is 5.69 Å². The van der Waals surface area contributed by atoms with Gasteiger partial charge in [-0.1, -0.05) is 45.9 Å². The molecule has 0 saturated carbocycles. The average Bonchev–Trinajstić information content (AvgIpc) is 2.27. The monoisotopic (exact) mass is 284 g/mol. The number of nitrogens with one attached hydrogen (secondary N) is 2. The van der Waals surface area contributed by atoms with Crippen LogP contribution in [0.2, 0.25) is 0 Å². The van der Waals surface area contributed by atoms with Crippen molar-refractivity contribution in [2.24, 2.45) is 0 Å². The van der Waals surface area contributed by atoms with Gasteiger partial charge in [0.25, 0.3) is 0 Å². The minimum atomic E-state index is -3.30. The lowest BCUT2D eigenvalue weighted by Crippen LogP contribution is -2.31. The smallest absolute Gasteiger partial charge is 0.233 e. The summed E-state index contributed by atoms with van der Waals surface area (Å²) in [7, 11) is -3.30. The van der Waals surface area contributed by atoms with Crippen LogP contribution in [0.5, 0.6) is 0 Å². The Morgan fingerprint density at radius 3 is 2.32 bits per heavy atom. The first-order valence-corrected chi connectivity index (χ1v) is 8.30. The number of hydrogen-bond donors (Lipinski definition) is 2. The van der Waals surface area contributed by atoms with Gasteiger partial charge in [0.15, 0.2) is 0 Å². The Morgan fingerprint density at radius 2 is 1.74 bits per heavy atom. The molecule has 0 saturated heterocycles. The van der Waals surface area contributed by atoms with Crippen molar-refractivity contribution in [3.8, 4) is 0 Å². The maximum atomic E-state index is 12.0.